The highest BCUT2D eigenvalue weighted by Gasteiger charge is 2.20. The van der Waals surface area contributed by atoms with Gasteiger partial charge in [0.25, 0.3) is 15.9 Å². The average Bonchev–Trinajstić information content (AvgIpc) is 2.65. The summed E-state index contributed by atoms with van der Waals surface area (Å²) in [7, 11) is -3.77. The molecule has 0 aliphatic heterocycles. The van der Waals surface area contributed by atoms with Crippen molar-refractivity contribution in [2.75, 3.05) is 4.72 Å². The van der Waals surface area contributed by atoms with E-state index in [0.29, 0.717) is 28.9 Å². The second kappa shape index (κ2) is 8.49. The van der Waals surface area contributed by atoms with E-state index in [-0.39, 0.29) is 10.8 Å². The van der Waals surface area contributed by atoms with Gasteiger partial charge in [-0.3, -0.25) is 9.52 Å². The van der Waals surface area contributed by atoms with Gasteiger partial charge in [-0.25, -0.2) is 8.42 Å². The maximum Gasteiger partial charge on any atom is 0.262 e. The van der Waals surface area contributed by atoms with Crippen molar-refractivity contribution in [2.24, 2.45) is 0 Å². The number of anilines is 1. The summed E-state index contributed by atoms with van der Waals surface area (Å²) in [6.07, 6.45) is 0. The highest BCUT2D eigenvalue weighted by atomic mass is 32.2. The minimum atomic E-state index is -3.77. The molecule has 0 aromatic heterocycles. The molecule has 0 saturated heterocycles. The summed E-state index contributed by atoms with van der Waals surface area (Å²) in [5.74, 6) is -0.266. The monoisotopic (exact) mass is 408 g/mol. The van der Waals surface area contributed by atoms with Crippen molar-refractivity contribution in [1.82, 2.24) is 5.32 Å². The fourth-order valence-corrected chi connectivity index (χ4v) is 4.91. The van der Waals surface area contributed by atoms with Gasteiger partial charge in [0, 0.05) is 17.8 Å². The van der Waals surface area contributed by atoms with E-state index in [4.69, 9.17) is 0 Å². The number of benzene rings is 3. The summed E-state index contributed by atoms with van der Waals surface area (Å²) in [4.78, 5) is 12.7. The molecule has 0 saturated carbocycles. The van der Waals surface area contributed by atoms with Crippen LogP contribution >= 0.6 is 0 Å². The standard InChI is InChI=1S/C23H24N2O3S/c1-16-12-17(2)22(18(3)13-16)29(27,28)25-21-11-7-10-20(14-21)23(26)24-15-19-8-5-4-6-9-19/h4-14,25H,15H2,1-3H3,(H,24,26). The van der Waals surface area contributed by atoms with Crippen molar-refractivity contribution in [3.63, 3.8) is 0 Å². The molecule has 3 aromatic rings. The van der Waals surface area contributed by atoms with Crippen LogP contribution < -0.4 is 10.0 Å². The molecule has 0 fully saturated rings. The van der Waals surface area contributed by atoms with Gasteiger partial charge in [-0.15, -0.1) is 0 Å². The summed E-state index contributed by atoms with van der Waals surface area (Å²) in [5, 5.41) is 2.85. The minimum absolute atomic E-state index is 0.266. The summed E-state index contributed by atoms with van der Waals surface area (Å²) in [6.45, 7) is 5.89. The maximum atomic E-state index is 12.9. The molecule has 5 nitrogen and oxygen atoms in total. The van der Waals surface area contributed by atoms with E-state index in [9.17, 15) is 13.2 Å². The predicted octanol–water partition coefficient (Wildman–Crippen LogP) is 4.34. The molecule has 0 spiro atoms. The molecule has 2 N–H and O–H groups in total. The number of hydrogen-bond donors (Lipinski definition) is 2. The van der Waals surface area contributed by atoms with Gasteiger partial charge in [0.2, 0.25) is 0 Å². The lowest BCUT2D eigenvalue weighted by Gasteiger charge is -2.14. The molecule has 150 valence electrons. The van der Waals surface area contributed by atoms with Gasteiger partial charge in [-0.05, 0) is 55.7 Å². The lowest BCUT2D eigenvalue weighted by Crippen LogP contribution is -2.23. The lowest BCUT2D eigenvalue weighted by atomic mass is 10.1. The number of carbonyl (C=O) groups excluding carboxylic acids is 1. The Morgan fingerprint density at radius 3 is 2.17 bits per heavy atom. The molecule has 0 unspecified atom stereocenters. The van der Waals surface area contributed by atoms with Crippen molar-refractivity contribution < 1.29 is 13.2 Å². The first kappa shape index (κ1) is 20.6. The molecule has 3 aromatic carbocycles. The van der Waals surface area contributed by atoms with E-state index in [1.165, 1.54) is 6.07 Å². The van der Waals surface area contributed by atoms with Crippen LogP contribution in [0.1, 0.15) is 32.6 Å². The van der Waals surface area contributed by atoms with E-state index in [1.807, 2.05) is 49.4 Å². The Labute approximate surface area is 171 Å². The summed E-state index contributed by atoms with van der Waals surface area (Å²) < 4.78 is 28.5. The van der Waals surface area contributed by atoms with Crippen LogP contribution in [0.3, 0.4) is 0 Å². The largest absolute Gasteiger partial charge is 0.348 e. The average molecular weight is 409 g/mol. The first-order valence-corrected chi connectivity index (χ1v) is 10.8. The summed E-state index contributed by atoms with van der Waals surface area (Å²) in [5.41, 5.74) is 4.10. The molecule has 29 heavy (non-hydrogen) atoms. The molecule has 6 heteroatoms. The molecule has 0 aliphatic carbocycles. The zero-order chi connectivity index (χ0) is 21.0. The van der Waals surface area contributed by atoms with Gasteiger partial charge in [-0.1, -0.05) is 54.1 Å². The number of carbonyl (C=O) groups is 1. The third kappa shape index (κ3) is 5.03. The van der Waals surface area contributed by atoms with Crippen LogP contribution in [0.25, 0.3) is 0 Å². The smallest absolute Gasteiger partial charge is 0.262 e. The van der Waals surface area contributed by atoms with Gasteiger partial charge in [0.1, 0.15) is 0 Å². The Morgan fingerprint density at radius 1 is 0.862 bits per heavy atom. The topological polar surface area (TPSA) is 75.3 Å². The van der Waals surface area contributed by atoms with E-state index in [2.05, 4.69) is 10.0 Å². The molecule has 0 heterocycles. The molecule has 0 atom stereocenters. The highest BCUT2D eigenvalue weighted by molar-refractivity contribution is 7.92. The minimum Gasteiger partial charge on any atom is -0.348 e. The molecular formula is C23H24N2O3S. The van der Waals surface area contributed by atoms with Gasteiger partial charge < -0.3 is 5.32 Å². The third-order valence-corrected chi connectivity index (χ3v) is 6.23. The van der Waals surface area contributed by atoms with Crippen LogP contribution in [0.4, 0.5) is 5.69 Å². The quantitative estimate of drug-likeness (QED) is 0.637. The maximum absolute atomic E-state index is 12.9. The Morgan fingerprint density at radius 2 is 1.52 bits per heavy atom. The molecule has 1 amide bonds. The molecule has 3 rings (SSSR count). The SMILES string of the molecule is Cc1cc(C)c(S(=O)(=O)Nc2cccc(C(=O)NCc3ccccc3)c2)c(C)c1. The van der Waals surface area contributed by atoms with Crippen LogP contribution in [-0.4, -0.2) is 14.3 Å². The second-order valence-corrected chi connectivity index (χ2v) is 8.70. The first-order valence-electron chi connectivity index (χ1n) is 9.29. The third-order valence-electron chi connectivity index (χ3n) is 4.55. The Balaban J connectivity index is 1.78. The number of nitrogens with one attached hydrogen (secondary N) is 2. The Hall–Kier alpha value is -3.12. The number of amides is 1. The Bertz CT molecular complexity index is 1120. The van der Waals surface area contributed by atoms with E-state index in [0.717, 1.165) is 11.1 Å². The first-order chi connectivity index (χ1) is 13.8. The molecular weight excluding hydrogens is 384 g/mol. The number of hydrogen-bond acceptors (Lipinski definition) is 3. The van der Waals surface area contributed by atoms with E-state index >= 15 is 0 Å². The molecule has 0 bridgehead atoms. The zero-order valence-electron chi connectivity index (χ0n) is 16.7. The van der Waals surface area contributed by atoms with Crippen molar-refractivity contribution >= 4 is 21.6 Å². The number of rotatable bonds is 6. The Kier molecular flexibility index (Phi) is 6.03. The fourth-order valence-electron chi connectivity index (χ4n) is 3.40. The highest BCUT2D eigenvalue weighted by Crippen LogP contribution is 2.24. The van der Waals surface area contributed by atoms with Gasteiger partial charge in [0.05, 0.1) is 4.90 Å². The van der Waals surface area contributed by atoms with Crippen molar-refractivity contribution in [1.29, 1.82) is 0 Å². The summed E-state index contributed by atoms with van der Waals surface area (Å²) in [6, 6.07) is 19.8. The van der Waals surface area contributed by atoms with Crippen LogP contribution in [0.5, 0.6) is 0 Å². The van der Waals surface area contributed by atoms with E-state index < -0.39 is 10.0 Å². The van der Waals surface area contributed by atoms with Crippen molar-refractivity contribution in [2.45, 2.75) is 32.2 Å². The van der Waals surface area contributed by atoms with Crippen LogP contribution in [0, 0.1) is 20.8 Å². The van der Waals surface area contributed by atoms with Crippen molar-refractivity contribution in [3.05, 3.63) is 94.5 Å². The molecule has 0 aliphatic rings. The lowest BCUT2D eigenvalue weighted by molar-refractivity contribution is 0.0951. The van der Waals surface area contributed by atoms with E-state index in [1.54, 1.807) is 32.0 Å². The van der Waals surface area contributed by atoms with Crippen molar-refractivity contribution in [3.8, 4) is 0 Å². The van der Waals surface area contributed by atoms with Gasteiger partial charge in [-0.2, -0.15) is 0 Å². The fraction of sp³-hybridized carbons (Fsp3) is 0.174. The summed E-state index contributed by atoms with van der Waals surface area (Å²) >= 11 is 0. The van der Waals surface area contributed by atoms with Crippen LogP contribution in [-0.2, 0) is 16.6 Å². The zero-order valence-corrected chi connectivity index (χ0v) is 17.5. The number of sulfonamides is 1. The number of aryl methyl sites for hydroxylation is 3. The van der Waals surface area contributed by atoms with Crippen LogP contribution in [0.2, 0.25) is 0 Å². The molecule has 0 radical (unpaired) electrons. The normalized spacial score (nSPS) is 11.1. The van der Waals surface area contributed by atoms with Gasteiger partial charge >= 0.3 is 0 Å². The van der Waals surface area contributed by atoms with Gasteiger partial charge in [0.15, 0.2) is 0 Å². The van der Waals surface area contributed by atoms with Crippen LogP contribution in [0.15, 0.2) is 71.6 Å². The second-order valence-electron chi connectivity index (χ2n) is 7.08. The predicted molar refractivity (Wildman–Crippen MR) is 116 cm³/mol.